The van der Waals surface area contributed by atoms with E-state index < -0.39 is 0 Å². The van der Waals surface area contributed by atoms with Gasteiger partial charge in [-0.25, -0.2) is 0 Å². The third-order valence-corrected chi connectivity index (χ3v) is 4.79. The minimum Gasteiger partial charge on any atom is -0.379 e. The van der Waals surface area contributed by atoms with Gasteiger partial charge in [0.2, 0.25) is 5.91 Å². The van der Waals surface area contributed by atoms with Crippen molar-refractivity contribution in [2.24, 2.45) is 5.92 Å². The van der Waals surface area contributed by atoms with Crippen molar-refractivity contribution in [3.63, 3.8) is 0 Å². The molecule has 1 aliphatic rings. The van der Waals surface area contributed by atoms with Crippen LogP contribution in [0.15, 0.2) is 24.3 Å². The average molecular weight is 353 g/mol. The van der Waals surface area contributed by atoms with Crippen LogP contribution in [0, 0.1) is 5.92 Å². The van der Waals surface area contributed by atoms with Crippen molar-refractivity contribution in [1.29, 1.82) is 0 Å². The molecule has 0 bridgehead atoms. The van der Waals surface area contributed by atoms with Gasteiger partial charge >= 0.3 is 0 Å². The predicted octanol–water partition coefficient (Wildman–Crippen LogP) is 3.14. The number of ether oxygens (including phenoxy) is 1. The van der Waals surface area contributed by atoms with E-state index in [1.807, 2.05) is 24.3 Å². The molecular weight excluding hydrogens is 324 g/mol. The summed E-state index contributed by atoms with van der Waals surface area (Å²) in [5.41, 5.74) is 1.03. The van der Waals surface area contributed by atoms with Gasteiger partial charge in [0.25, 0.3) is 0 Å². The molecule has 134 valence electrons. The first kappa shape index (κ1) is 19.2. The maximum atomic E-state index is 12.2. The molecule has 0 radical (unpaired) electrons. The van der Waals surface area contributed by atoms with Gasteiger partial charge < -0.3 is 10.1 Å². The van der Waals surface area contributed by atoms with E-state index in [1.165, 1.54) is 0 Å². The second kappa shape index (κ2) is 10.0. The van der Waals surface area contributed by atoms with Crippen LogP contribution in [0.3, 0.4) is 0 Å². The lowest BCUT2D eigenvalue weighted by Crippen LogP contribution is -2.49. The van der Waals surface area contributed by atoms with E-state index in [-0.39, 0.29) is 5.91 Å². The molecule has 5 heteroatoms. The fraction of sp³-hybridized carbons (Fsp3) is 0.632. The number of morpholine rings is 1. The second-order valence-corrected chi connectivity index (χ2v) is 7.23. The second-order valence-electron chi connectivity index (χ2n) is 6.83. The van der Waals surface area contributed by atoms with Crippen LogP contribution in [0.4, 0.5) is 0 Å². The summed E-state index contributed by atoms with van der Waals surface area (Å²) in [7, 11) is 0. The molecule has 1 saturated heterocycles. The molecule has 0 aliphatic carbocycles. The molecule has 0 saturated carbocycles. The van der Waals surface area contributed by atoms with E-state index >= 15 is 0 Å². The van der Waals surface area contributed by atoms with Crippen LogP contribution in [0.2, 0.25) is 5.02 Å². The summed E-state index contributed by atoms with van der Waals surface area (Å²) < 4.78 is 5.44. The molecule has 4 nitrogen and oxygen atoms in total. The fourth-order valence-corrected chi connectivity index (χ4v) is 3.35. The largest absolute Gasteiger partial charge is 0.379 e. The van der Waals surface area contributed by atoms with E-state index in [1.54, 1.807) is 0 Å². The van der Waals surface area contributed by atoms with Gasteiger partial charge in [0.1, 0.15) is 0 Å². The summed E-state index contributed by atoms with van der Waals surface area (Å²) in [5, 5.41) is 3.84. The van der Waals surface area contributed by atoms with Crippen molar-refractivity contribution < 1.29 is 9.53 Å². The number of aryl methyl sites for hydroxylation is 1. The number of halogens is 1. The Kier molecular flexibility index (Phi) is 8.03. The van der Waals surface area contributed by atoms with Gasteiger partial charge in [0, 0.05) is 37.1 Å². The maximum Gasteiger partial charge on any atom is 0.220 e. The Morgan fingerprint density at radius 3 is 2.67 bits per heavy atom. The summed E-state index contributed by atoms with van der Waals surface area (Å²) in [6.45, 7) is 8.64. The molecule has 0 spiro atoms. The van der Waals surface area contributed by atoms with E-state index in [0.29, 0.717) is 31.3 Å². The molecule has 1 aromatic rings. The highest BCUT2D eigenvalue weighted by Crippen LogP contribution is 2.17. The van der Waals surface area contributed by atoms with Crippen molar-refractivity contribution in [3.8, 4) is 0 Å². The summed E-state index contributed by atoms with van der Waals surface area (Å²) in [6.07, 6.45) is 2.24. The molecule has 1 amide bonds. The summed E-state index contributed by atoms with van der Waals surface area (Å²) >= 11 is 6.14. The molecule has 24 heavy (non-hydrogen) atoms. The molecule has 1 unspecified atom stereocenters. The SMILES string of the molecule is CC(C)CC(CNC(=O)CCc1ccccc1Cl)N1CCOCC1. The van der Waals surface area contributed by atoms with Crippen LogP contribution < -0.4 is 5.32 Å². The number of carbonyl (C=O) groups excluding carboxylic acids is 1. The fourth-order valence-electron chi connectivity index (χ4n) is 3.12. The topological polar surface area (TPSA) is 41.6 Å². The standard InChI is InChI=1S/C19H29ClN2O2/c1-15(2)13-17(22-9-11-24-12-10-22)14-21-19(23)8-7-16-5-3-4-6-18(16)20/h3-6,15,17H,7-14H2,1-2H3,(H,21,23). The van der Waals surface area contributed by atoms with Crippen molar-refractivity contribution >= 4 is 17.5 Å². The number of hydrogen-bond acceptors (Lipinski definition) is 3. The number of carbonyl (C=O) groups is 1. The Labute approximate surface area is 150 Å². The van der Waals surface area contributed by atoms with E-state index in [4.69, 9.17) is 16.3 Å². The van der Waals surface area contributed by atoms with Gasteiger partial charge in [-0.3, -0.25) is 9.69 Å². The van der Waals surface area contributed by atoms with Crippen LogP contribution in [0.5, 0.6) is 0 Å². The lowest BCUT2D eigenvalue weighted by molar-refractivity contribution is -0.121. The number of benzene rings is 1. The molecule has 1 heterocycles. The van der Waals surface area contributed by atoms with Gasteiger partial charge in [0.05, 0.1) is 13.2 Å². The number of rotatable bonds is 8. The van der Waals surface area contributed by atoms with Crippen molar-refractivity contribution in [3.05, 3.63) is 34.9 Å². The highest BCUT2D eigenvalue weighted by molar-refractivity contribution is 6.31. The molecule has 1 atom stereocenters. The molecular formula is C19H29ClN2O2. The summed E-state index contributed by atoms with van der Waals surface area (Å²) in [4.78, 5) is 14.6. The highest BCUT2D eigenvalue weighted by atomic mass is 35.5. The van der Waals surface area contributed by atoms with Crippen LogP contribution in [-0.4, -0.2) is 49.7 Å². The predicted molar refractivity (Wildman–Crippen MR) is 98.4 cm³/mol. The van der Waals surface area contributed by atoms with Gasteiger partial charge in [0.15, 0.2) is 0 Å². The van der Waals surface area contributed by atoms with Gasteiger partial charge in [-0.15, -0.1) is 0 Å². The maximum absolute atomic E-state index is 12.2. The molecule has 0 aromatic heterocycles. The zero-order chi connectivity index (χ0) is 17.4. The van der Waals surface area contributed by atoms with Gasteiger partial charge in [-0.05, 0) is 30.4 Å². The smallest absolute Gasteiger partial charge is 0.220 e. The third-order valence-electron chi connectivity index (χ3n) is 4.42. The Morgan fingerprint density at radius 2 is 2.00 bits per heavy atom. The summed E-state index contributed by atoms with van der Waals surface area (Å²) in [5.74, 6) is 0.704. The molecule has 1 fully saturated rings. The normalized spacial score (nSPS) is 17.0. The highest BCUT2D eigenvalue weighted by Gasteiger charge is 2.22. The summed E-state index contributed by atoms with van der Waals surface area (Å²) in [6, 6.07) is 8.09. The number of amides is 1. The lowest BCUT2D eigenvalue weighted by Gasteiger charge is -2.35. The first-order valence-corrected chi connectivity index (χ1v) is 9.26. The van der Waals surface area contributed by atoms with Gasteiger partial charge in [-0.2, -0.15) is 0 Å². The van der Waals surface area contributed by atoms with Crippen LogP contribution >= 0.6 is 11.6 Å². The zero-order valence-corrected chi connectivity index (χ0v) is 15.5. The van der Waals surface area contributed by atoms with E-state index in [9.17, 15) is 4.79 Å². The van der Waals surface area contributed by atoms with Crippen molar-refractivity contribution in [1.82, 2.24) is 10.2 Å². The van der Waals surface area contributed by atoms with E-state index in [0.717, 1.165) is 43.3 Å². The minimum atomic E-state index is 0.0944. The average Bonchev–Trinajstić information content (AvgIpc) is 2.58. The number of hydrogen-bond donors (Lipinski definition) is 1. The first-order chi connectivity index (χ1) is 11.6. The minimum absolute atomic E-state index is 0.0944. The third kappa shape index (κ3) is 6.42. The number of nitrogens with one attached hydrogen (secondary N) is 1. The van der Waals surface area contributed by atoms with Crippen LogP contribution in [0.25, 0.3) is 0 Å². The quantitative estimate of drug-likeness (QED) is 0.781. The Morgan fingerprint density at radius 1 is 1.29 bits per heavy atom. The van der Waals surface area contributed by atoms with Gasteiger partial charge in [-0.1, -0.05) is 43.6 Å². The molecule has 1 N–H and O–H groups in total. The lowest BCUT2D eigenvalue weighted by atomic mass is 10.0. The zero-order valence-electron chi connectivity index (χ0n) is 14.8. The molecule has 2 rings (SSSR count). The van der Waals surface area contributed by atoms with E-state index in [2.05, 4.69) is 24.1 Å². The Bertz CT molecular complexity index is 516. The monoisotopic (exact) mass is 352 g/mol. The number of nitrogens with zero attached hydrogens (tertiary/aromatic N) is 1. The van der Waals surface area contributed by atoms with Crippen molar-refractivity contribution in [2.45, 2.75) is 39.2 Å². The molecule has 1 aliphatic heterocycles. The van der Waals surface area contributed by atoms with Crippen LogP contribution in [-0.2, 0) is 16.0 Å². The molecule has 1 aromatic carbocycles. The van der Waals surface area contributed by atoms with Crippen LogP contribution in [0.1, 0.15) is 32.3 Å². The first-order valence-electron chi connectivity index (χ1n) is 8.88. The Hall–Kier alpha value is -1.10. The Balaban J connectivity index is 1.79. The van der Waals surface area contributed by atoms with Crippen molar-refractivity contribution in [2.75, 3.05) is 32.8 Å².